The molecule has 1 atom stereocenters. The van der Waals surface area contributed by atoms with Crippen LogP contribution in [0.15, 0.2) is 94.0 Å². The monoisotopic (exact) mass is 627 g/mol. The molecule has 1 aliphatic rings. The summed E-state index contributed by atoms with van der Waals surface area (Å²) in [6.45, 7) is 4.33. The van der Waals surface area contributed by atoms with Gasteiger partial charge in [0.2, 0.25) is 0 Å². The maximum Gasteiger partial charge on any atom is 0.338 e. The molecule has 2 aromatic heterocycles. The van der Waals surface area contributed by atoms with Gasteiger partial charge in [0.25, 0.3) is 5.56 Å². The van der Waals surface area contributed by atoms with Crippen molar-refractivity contribution in [1.82, 2.24) is 9.13 Å². The van der Waals surface area contributed by atoms with Crippen molar-refractivity contribution in [3.63, 3.8) is 0 Å². The molecule has 0 unspecified atom stereocenters. The number of thiazole rings is 1. The highest BCUT2D eigenvalue weighted by Crippen LogP contribution is 2.38. The van der Waals surface area contributed by atoms with Crippen molar-refractivity contribution >= 4 is 45.9 Å². The molecule has 3 aromatic carbocycles. The fourth-order valence-electron chi connectivity index (χ4n) is 5.59. The second-order valence-corrected chi connectivity index (χ2v) is 11.7. The molecule has 0 aliphatic carbocycles. The van der Waals surface area contributed by atoms with E-state index in [0.717, 1.165) is 22.0 Å². The molecule has 0 amide bonds. The van der Waals surface area contributed by atoms with Crippen LogP contribution >= 0.6 is 22.9 Å². The number of para-hydroxylation sites is 1. The van der Waals surface area contributed by atoms with E-state index in [2.05, 4.69) is 16.8 Å². The first-order chi connectivity index (χ1) is 21.3. The number of esters is 1. The van der Waals surface area contributed by atoms with Gasteiger partial charge in [-0.2, -0.15) is 0 Å². The summed E-state index contributed by atoms with van der Waals surface area (Å²) in [5.41, 5.74) is 4.12. The van der Waals surface area contributed by atoms with Crippen molar-refractivity contribution in [2.24, 2.45) is 4.99 Å². The van der Waals surface area contributed by atoms with Crippen LogP contribution in [0.25, 0.3) is 17.0 Å². The Morgan fingerprint density at radius 2 is 1.84 bits per heavy atom. The number of allylic oxidation sites excluding steroid dienone is 1. The average molecular weight is 628 g/mol. The van der Waals surface area contributed by atoms with Gasteiger partial charge in [0.05, 0.1) is 36.6 Å². The van der Waals surface area contributed by atoms with E-state index in [9.17, 15) is 9.59 Å². The third-order valence-electron chi connectivity index (χ3n) is 7.62. The van der Waals surface area contributed by atoms with Gasteiger partial charge in [-0.3, -0.25) is 9.36 Å². The molecule has 10 heteroatoms. The van der Waals surface area contributed by atoms with Crippen molar-refractivity contribution in [2.45, 2.75) is 26.4 Å². The predicted molar refractivity (Wildman–Crippen MR) is 172 cm³/mol. The smallest absolute Gasteiger partial charge is 0.338 e. The van der Waals surface area contributed by atoms with Crippen LogP contribution in [0.4, 0.5) is 0 Å². The maximum absolute atomic E-state index is 14.3. The van der Waals surface area contributed by atoms with Crippen LogP contribution in [-0.4, -0.2) is 35.9 Å². The van der Waals surface area contributed by atoms with E-state index >= 15 is 0 Å². The number of rotatable bonds is 8. The molecule has 224 valence electrons. The molecule has 6 rings (SSSR count). The minimum Gasteiger partial charge on any atom is -0.497 e. The van der Waals surface area contributed by atoms with Gasteiger partial charge in [-0.15, -0.1) is 0 Å². The molecule has 44 heavy (non-hydrogen) atoms. The summed E-state index contributed by atoms with van der Waals surface area (Å²) in [4.78, 5) is 32.8. The minimum atomic E-state index is -0.830. The zero-order valence-corrected chi connectivity index (χ0v) is 26.2. The summed E-state index contributed by atoms with van der Waals surface area (Å²) in [6.07, 6.45) is 3.95. The average Bonchev–Trinajstić information content (AvgIpc) is 3.53. The van der Waals surface area contributed by atoms with E-state index < -0.39 is 12.0 Å². The highest BCUT2D eigenvalue weighted by molar-refractivity contribution is 7.07. The Kier molecular flexibility index (Phi) is 8.16. The van der Waals surface area contributed by atoms with Crippen LogP contribution in [0.1, 0.15) is 36.6 Å². The fraction of sp³-hybridized carbons (Fsp3) is 0.206. The van der Waals surface area contributed by atoms with Gasteiger partial charge in [-0.25, -0.2) is 9.79 Å². The first-order valence-electron chi connectivity index (χ1n) is 14.1. The summed E-state index contributed by atoms with van der Waals surface area (Å²) >= 11 is 7.38. The Morgan fingerprint density at radius 1 is 1.07 bits per heavy atom. The Hall–Kier alpha value is -4.60. The third kappa shape index (κ3) is 5.33. The second-order valence-electron chi connectivity index (χ2n) is 10.3. The third-order valence-corrected chi connectivity index (χ3v) is 8.86. The Bertz CT molecular complexity index is 2110. The first kappa shape index (κ1) is 29.5. The lowest BCUT2D eigenvalue weighted by Crippen LogP contribution is -2.40. The van der Waals surface area contributed by atoms with Gasteiger partial charge in [0.15, 0.2) is 4.80 Å². The molecule has 0 fully saturated rings. The van der Waals surface area contributed by atoms with Crippen LogP contribution in [-0.2, 0) is 16.1 Å². The molecular weight excluding hydrogens is 598 g/mol. The van der Waals surface area contributed by atoms with Crippen molar-refractivity contribution in [3.05, 3.63) is 126 Å². The number of hydrogen-bond acceptors (Lipinski definition) is 7. The Balaban J connectivity index is 1.54. The summed E-state index contributed by atoms with van der Waals surface area (Å²) in [5.74, 6) is 0.532. The van der Waals surface area contributed by atoms with Crippen LogP contribution < -0.4 is 24.4 Å². The number of carbonyl (C=O) groups is 1. The van der Waals surface area contributed by atoms with Gasteiger partial charge in [-0.05, 0) is 61.9 Å². The van der Waals surface area contributed by atoms with Crippen LogP contribution in [0.5, 0.6) is 11.5 Å². The number of halogens is 1. The lowest BCUT2D eigenvalue weighted by atomic mass is 9.94. The number of carbonyl (C=O) groups excluding carboxylic acids is 1. The maximum atomic E-state index is 14.3. The number of aromatic nitrogens is 2. The van der Waals surface area contributed by atoms with Crippen molar-refractivity contribution < 1.29 is 19.0 Å². The van der Waals surface area contributed by atoms with Crippen LogP contribution in [0.2, 0.25) is 5.02 Å². The predicted octanol–water partition coefficient (Wildman–Crippen LogP) is 5.47. The first-order valence-corrected chi connectivity index (χ1v) is 15.3. The van der Waals surface area contributed by atoms with Crippen molar-refractivity contribution in [3.8, 4) is 11.5 Å². The summed E-state index contributed by atoms with van der Waals surface area (Å²) < 4.78 is 20.8. The largest absolute Gasteiger partial charge is 0.497 e. The lowest BCUT2D eigenvalue weighted by Gasteiger charge is -2.26. The number of fused-ring (bicyclic) bond motifs is 2. The number of nitrogens with zero attached hydrogens (tertiary/aromatic N) is 3. The highest BCUT2D eigenvalue weighted by Gasteiger charge is 2.35. The lowest BCUT2D eigenvalue weighted by molar-refractivity contribution is -0.139. The SMILES string of the molecule is CCOC(=O)C1=C(C)N=c2s/c(=C/c3cn(Cc4ccc(Cl)cc4)c4ccccc34)c(=O)n2[C@H]1c1cc(OC)ccc1OC. The molecule has 1 aliphatic heterocycles. The fourth-order valence-corrected chi connectivity index (χ4v) is 6.75. The van der Waals surface area contributed by atoms with Gasteiger partial charge in [0, 0.05) is 39.8 Å². The summed E-state index contributed by atoms with van der Waals surface area (Å²) in [5, 5.41) is 1.70. The van der Waals surface area contributed by atoms with E-state index in [0.29, 0.717) is 43.7 Å². The molecule has 0 N–H and O–H groups in total. The molecule has 8 nitrogen and oxygen atoms in total. The molecule has 3 heterocycles. The van der Waals surface area contributed by atoms with E-state index in [-0.39, 0.29) is 17.7 Å². The van der Waals surface area contributed by atoms with Crippen LogP contribution in [0, 0.1) is 0 Å². The van der Waals surface area contributed by atoms with Gasteiger partial charge >= 0.3 is 5.97 Å². The zero-order chi connectivity index (χ0) is 31.0. The standard InChI is InChI=1S/C34H30ClN3O5S/c1-5-43-33(40)30-20(2)36-34-38(31(30)26-17-24(41-3)14-15-28(26)42-4)32(39)29(44-34)16-22-19-37(27-9-7-6-8-25(22)27)18-21-10-12-23(35)13-11-21/h6-17,19,31H,5,18H2,1-4H3/b29-16+/t31-/m0/s1. The van der Waals surface area contributed by atoms with Gasteiger partial charge in [-0.1, -0.05) is 53.3 Å². The van der Waals surface area contributed by atoms with E-state index in [4.69, 9.17) is 30.8 Å². The Labute approximate surface area is 262 Å². The minimum absolute atomic E-state index is 0.183. The van der Waals surface area contributed by atoms with Crippen molar-refractivity contribution in [2.75, 3.05) is 20.8 Å². The molecule has 0 saturated heterocycles. The van der Waals surface area contributed by atoms with E-state index in [1.807, 2.05) is 48.5 Å². The second kappa shape index (κ2) is 12.2. The van der Waals surface area contributed by atoms with Gasteiger partial charge < -0.3 is 18.8 Å². The van der Waals surface area contributed by atoms with E-state index in [1.165, 1.54) is 11.3 Å². The van der Waals surface area contributed by atoms with E-state index in [1.54, 1.807) is 50.8 Å². The Morgan fingerprint density at radius 3 is 2.57 bits per heavy atom. The molecule has 0 bridgehead atoms. The van der Waals surface area contributed by atoms with Crippen molar-refractivity contribution in [1.29, 1.82) is 0 Å². The molecule has 0 saturated carbocycles. The van der Waals surface area contributed by atoms with Crippen LogP contribution in [0.3, 0.4) is 0 Å². The zero-order valence-electron chi connectivity index (χ0n) is 24.7. The highest BCUT2D eigenvalue weighted by atomic mass is 35.5. The molecule has 0 spiro atoms. The normalized spacial score (nSPS) is 14.8. The quantitative estimate of drug-likeness (QED) is 0.213. The topological polar surface area (TPSA) is 84.1 Å². The molecule has 0 radical (unpaired) electrons. The summed E-state index contributed by atoms with van der Waals surface area (Å²) in [7, 11) is 3.11. The number of methoxy groups -OCH3 is 2. The van der Waals surface area contributed by atoms with Gasteiger partial charge in [0.1, 0.15) is 17.5 Å². The number of hydrogen-bond donors (Lipinski definition) is 0. The number of benzene rings is 3. The molecule has 5 aromatic rings. The summed E-state index contributed by atoms with van der Waals surface area (Å²) in [6, 6.07) is 20.3. The molecular formula is C34H30ClN3O5S. The number of ether oxygens (including phenoxy) is 3.